The van der Waals surface area contributed by atoms with Crippen molar-refractivity contribution in [1.29, 1.82) is 0 Å². The second kappa shape index (κ2) is 4.12. The Morgan fingerprint density at radius 1 is 1.08 bits per heavy atom. The highest BCUT2D eigenvalue weighted by molar-refractivity contribution is 5.32. The summed E-state index contributed by atoms with van der Waals surface area (Å²) in [5.74, 6) is 0.870. The van der Waals surface area contributed by atoms with E-state index in [1.807, 2.05) is 26.0 Å². The minimum atomic E-state index is 0.308. The second-order valence-electron chi connectivity index (χ2n) is 2.87. The molecule has 0 saturated carbocycles. The summed E-state index contributed by atoms with van der Waals surface area (Å²) in [4.78, 5) is 0. The van der Waals surface area contributed by atoms with E-state index in [1.165, 1.54) is 11.1 Å². The van der Waals surface area contributed by atoms with Crippen molar-refractivity contribution < 1.29 is 9.47 Å². The molecule has 0 amide bonds. The largest absolute Gasteiger partial charge is 0.468 e. The molecule has 2 heteroatoms. The fourth-order valence-electron chi connectivity index (χ4n) is 1.14. The molecular formula is C10H14O2. The van der Waals surface area contributed by atoms with Gasteiger partial charge in [0.2, 0.25) is 0 Å². The maximum Gasteiger partial charge on any atom is 0.188 e. The van der Waals surface area contributed by atoms with Crippen molar-refractivity contribution in [3.63, 3.8) is 0 Å². The van der Waals surface area contributed by atoms with E-state index in [1.54, 1.807) is 7.11 Å². The monoisotopic (exact) mass is 166 g/mol. The van der Waals surface area contributed by atoms with Crippen molar-refractivity contribution in [3.05, 3.63) is 29.3 Å². The Bertz CT molecular complexity index is 236. The molecule has 0 radical (unpaired) electrons. The lowest BCUT2D eigenvalue weighted by molar-refractivity contribution is 0.0510. The minimum absolute atomic E-state index is 0.308. The van der Waals surface area contributed by atoms with Crippen LogP contribution in [0.15, 0.2) is 18.2 Å². The summed E-state index contributed by atoms with van der Waals surface area (Å²) in [6.45, 7) is 4.40. The quantitative estimate of drug-likeness (QED) is 0.641. The summed E-state index contributed by atoms with van der Waals surface area (Å²) in [5, 5.41) is 0. The first-order valence-electron chi connectivity index (χ1n) is 3.92. The molecule has 0 fully saturated rings. The lowest BCUT2D eigenvalue weighted by atomic mass is 10.1. The van der Waals surface area contributed by atoms with Crippen LogP contribution in [0.1, 0.15) is 11.1 Å². The van der Waals surface area contributed by atoms with Crippen LogP contribution in [-0.2, 0) is 4.74 Å². The zero-order valence-electron chi connectivity index (χ0n) is 7.76. The smallest absolute Gasteiger partial charge is 0.188 e. The number of aryl methyl sites for hydroxylation is 2. The first kappa shape index (κ1) is 9.07. The number of hydrogen-bond donors (Lipinski definition) is 0. The summed E-state index contributed by atoms with van der Waals surface area (Å²) in [5.41, 5.74) is 2.42. The topological polar surface area (TPSA) is 18.5 Å². The van der Waals surface area contributed by atoms with E-state index < -0.39 is 0 Å². The summed E-state index contributed by atoms with van der Waals surface area (Å²) in [6.07, 6.45) is 0. The molecule has 2 nitrogen and oxygen atoms in total. The van der Waals surface area contributed by atoms with Gasteiger partial charge in [-0.1, -0.05) is 6.07 Å². The van der Waals surface area contributed by atoms with Crippen molar-refractivity contribution in [2.45, 2.75) is 13.8 Å². The molecular weight excluding hydrogens is 152 g/mol. The van der Waals surface area contributed by atoms with Crippen molar-refractivity contribution in [2.24, 2.45) is 0 Å². The summed E-state index contributed by atoms with van der Waals surface area (Å²) >= 11 is 0. The van der Waals surface area contributed by atoms with Gasteiger partial charge in [0.05, 0.1) is 0 Å². The third kappa shape index (κ3) is 2.55. The molecule has 1 aromatic carbocycles. The zero-order valence-corrected chi connectivity index (χ0v) is 7.76. The minimum Gasteiger partial charge on any atom is -0.468 e. The Hall–Kier alpha value is -1.02. The van der Waals surface area contributed by atoms with Gasteiger partial charge in [0.25, 0.3) is 0 Å². The molecule has 0 aliphatic rings. The van der Waals surface area contributed by atoms with E-state index in [0.717, 1.165) is 5.75 Å². The molecule has 1 rings (SSSR count). The average Bonchev–Trinajstić information content (AvgIpc) is 1.99. The van der Waals surface area contributed by atoms with Crippen molar-refractivity contribution in [2.75, 3.05) is 13.9 Å². The zero-order chi connectivity index (χ0) is 8.97. The van der Waals surface area contributed by atoms with Crippen LogP contribution in [0.5, 0.6) is 5.75 Å². The average molecular weight is 166 g/mol. The number of rotatable bonds is 3. The number of benzene rings is 1. The number of methoxy groups -OCH3 is 1. The van der Waals surface area contributed by atoms with E-state index in [-0.39, 0.29) is 0 Å². The first-order valence-corrected chi connectivity index (χ1v) is 3.92. The molecule has 66 valence electrons. The third-order valence-corrected chi connectivity index (χ3v) is 1.54. The molecule has 1 aromatic rings. The lowest BCUT2D eigenvalue weighted by Crippen LogP contribution is -1.99. The molecule has 0 saturated heterocycles. The van der Waals surface area contributed by atoms with Crippen LogP contribution in [-0.4, -0.2) is 13.9 Å². The lowest BCUT2D eigenvalue weighted by Gasteiger charge is -2.06. The predicted octanol–water partition coefficient (Wildman–Crippen LogP) is 2.29. The van der Waals surface area contributed by atoms with Gasteiger partial charge in [-0.3, -0.25) is 0 Å². The van der Waals surface area contributed by atoms with Crippen LogP contribution < -0.4 is 4.74 Å². The third-order valence-electron chi connectivity index (χ3n) is 1.54. The maximum absolute atomic E-state index is 5.29. The molecule has 0 atom stereocenters. The molecule has 0 aliphatic carbocycles. The van der Waals surface area contributed by atoms with Crippen LogP contribution in [0, 0.1) is 13.8 Å². The van der Waals surface area contributed by atoms with E-state index in [4.69, 9.17) is 9.47 Å². The first-order chi connectivity index (χ1) is 5.72. The Morgan fingerprint density at radius 2 is 1.67 bits per heavy atom. The van der Waals surface area contributed by atoms with E-state index in [9.17, 15) is 0 Å². The van der Waals surface area contributed by atoms with Crippen LogP contribution >= 0.6 is 0 Å². The van der Waals surface area contributed by atoms with E-state index in [2.05, 4.69) is 6.07 Å². The highest BCUT2D eigenvalue weighted by atomic mass is 16.7. The molecule has 0 aromatic heterocycles. The molecule has 0 N–H and O–H groups in total. The van der Waals surface area contributed by atoms with Crippen molar-refractivity contribution in [3.8, 4) is 5.75 Å². The fraction of sp³-hybridized carbons (Fsp3) is 0.400. The SMILES string of the molecule is COCOc1cc(C)cc(C)c1. The summed E-state index contributed by atoms with van der Waals surface area (Å²) < 4.78 is 10.1. The van der Waals surface area contributed by atoms with Crippen LogP contribution in [0.3, 0.4) is 0 Å². The molecule has 12 heavy (non-hydrogen) atoms. The van der Waals surface area contributed by atoms with Gasteiger partial charge < -0.3 is 9.47 Å². The van der Waals surface area contributed by atoms with Crippen LogP contribution in [0.2, 0.25) is 0 Å². The highest BCUT2D eigenvalue weighted by Gasteiger charge is 1.95. The summed E-state index contributed by atoms with van der Waals surface area (Å²) in [7, 11) is 1.61. The van der Waals surface area contributed by atoms with E-state index in [0.29, 0.717) is 6.79 Å². The second-order valence-corrected chi connectivity index (χ2v) is 2.87. The maximum atomic E-state index is 5.29. The summed E-state index contributed by atoms with van der Waals surface area (Å²) in [6, 6.07) is 6.09. The Kier molecular flexibility index (Phi) is 3.11. The van der Waals surface area contributed by atoms with Gasteiger partial charge in [0, 0.05) is 7.11 Å². The van der Waals surface area contributed by atoms with E-state index >= 15 is 0 Å². The predicted molar refractivity (Wildman–Crippen MR) is 48.4 cm³/mol. The van der Waals surface area contributed by atoms with Crippen LogP contribution in [0.25, 0.3) is 0 Å². The van der Waals surface area contributed by atoms with Gasteiger partial charge in [-0.05, 0) is 37.1 Å². The Balaban J connectivity index is 2.72. The standard InChI is InChI=1S/C10H14O2/c1-8-4-9(2)6-10(5-8)12-7-11-3/h4-6H,7H2,1-3H3. The molecule has 0 heterocycles. The van der Waals surface area contributed by atoms with Gasteiger partial charge in [0.15, 0.2) is 6.79 Å². The Morgan fingerprint density at radius 3 is 2.17 bits per heavy atom. The van der Waals surface area contributed by atoms with Gasteiger partial charge in [-0.25, -0.2) is 0 Å². The molecule has 0 bridgehead atoms. The molecule has 0 unspecified atom stereocenters. The van der Waals surface area contributed by atoms with Gasteiger partial charge >= 0.3 is 0 Å². The highest BCUT2D eigenvalue weighted by Crippen LogP contribution is 2.15. The van der Waals surface area contributed by atoms with Gasteiger partial charge in [-0.15, -0.1) is 0 Å². The van der Waals surface area contributed by atoms with Crippen molar-refractivity contribution in [1.82, 2.24) is 0 Å². The number of hydrogen-bond acceptors (Lipinski definition) is 2. The Labute approximate surface area is 73.1 Å². The normalized spacial score (nSPS) is 9.92. The molecule has 0 aliphatic heterocycles. The van der Waals surface area contributed by atoms with Gasteiger partial charge in [0.1, 0.15) is 5.75 Å². The molecule has 0 spiro atoms. The number of ether oxygens (including phenoxy) is 2. The fourth-order valence-corrected chi connectivity index (χ4v) is 1.14. The van der Waals surface area contributed by atoms with Gasteiger partial charge in [-0.2, -0.15) is 0 Å². The van der Waals surface area contributed by atoms with Crippen LogP contribution in [0.4, 0.5) is 0 Å². The van der Waals surface area contributed by atoms with Crippen molar-refractivity contribution >= 4 is 0 Å².